The molecular formula is C15H9F6NO2. The summed E-state index contributed by atoms with van der Waals surface area (Å²) in [5.41, 5.74) is -2.94. The van der Waals surface area contributed by atoms with Crippen LogP contribution in [0.2, 0.25) is 0 Å². The Labute approximate surface area is 131 Å². The van der Waals surface area contributed by atoms with Crippen LogP contribution in [0, 0.1) is 0 Å². The van der Waals surface area contributed by atoms with E-state index in [4.69, 9.17) is 5.11 Å². The standard InChI is InChI=1S/C15H9F6NO2/c16-14(17,18)9-3-1-2-8(6-9)10-4-5-12(15(19,20)21)22-11(10)7-13(23)24/h1-6H,7H2,(H,23,24). The summed E-state index contributed by atoms with van der Waals surface area (Å²) >= 11 is 0. The van der Waals surface area contributed by atoms with Crippen LogP contribution in [-0.4, -0.2) is 16.1 Å². The van der Waals surface area contributed by atoms with E-state index in [1.165, 1.54) is 6.07 Å². The van der Waals surface area contributed by atoms with E-state index in [2.05, 4.69) is 4.98 Å². The predicted molar refractivity (Wildman–Crippen MR) is 71.0 cm³/mol. The smallest absolute Gasteiger partial charge is 0.433 e. The molecule has 2 aromatic rings. The number of nitrogens with zero attached hydrogens (tertiary/aromatic N) is 1. The zero-order valence-electron chi connectivity index (χ0n) is 11.7. The first kappa shape index (κ1) is 17.8. The fourth-order valence-electron chi connectivity index (χ4n) is 2.06. The third-order valence-corrected chi connectivity index (χ3v) is 3.08. The highest BCUT2D eigenvalue weighted by molar-refractivity contribution is 5.75. The Morgan fingerprint density at radius 2 is 1.67 bits per heavy atom. The first-order valence-electron chi connectivity index (χ1n) is 6.45. The molecule has 1 heterocycles. The molecule has 0 bridgehead atoms. The molecule has 0 saturated carbocycles. The number of pyridine rings is 1. The van der Waals surface area contributed by atoms with Crippen molar-refractivity contribution < 1.29 is 36.2 Å². The lowest BCUT2D eigenvalue weighted by molar-refractivity contribution is -0.142. The number of alkyl halides is 6. The number of carboxylic acids is 1. The van der Waals surface area contributed by atoms with Crippen LogP contribution in [0.25, 0.3) is 11.1 Å². The van der Waals surface area contributed by atoms with Crippen molar-refractivity contribution in [3.05, 3.63) is 53.3 Å². The van der Waals surface area contributed by atoms with E-state index in [9.17, 15) is 31.1 Å². The van der Waals surface area contributed by atoms with Crippen molar-refractivity contribution in [2.75, 3.05) is 0 Å². The van der Waals surface area contributed by atoms with Crippen LogP contribution < -0.4 is 0 Å². The lowest BCUT2D eigenvalue weighted by Crippen LogP contribution is -2.12. The van der Waals surface area contributed by atoms with Gasteiger partial charge in [0.05, 0.1) is 17.7 Å². The highest BCUT2D eigenvalue weighted by Gasteiger charge is 2.34. The molecule has 3 nitrogen and oxygen atoms in total. The number of aliphatic carboxylic acids is 1. The van der Waals surface area contributed by atoms with Gasteiger partial charge in [-0.3, -0.25) is 4.79 Å². The summed E-state index contributed by atoms with van der Waals surface area (Å²) in [4.78, 5) is 14.1. The molecule has 0 aliphatic heterocycles. The van der Waals surface area contributed by atoms with E-state index >= 15 is 0 Å². The van der Waals surface area contributed by atoms with Crippen LogP contribution in [0.1, 0.15) is 17.0 Å². The molecule has 2 rings (SSSR count). The second kappa shape index (κ2) is 6.14. The Morgan fingerprint density at radius 3 is 2.21 bits per heavy atom. The van der Waals surface area contributed by atoms with Crippen LogP contribution in [0.4, 0.5) is 26.3 Å². The molecule has 128 valence electrons. The number of carbonyl (C=O) groups is 1. The van der Waals surface area contributed by atoms with Crippen molar-refractivity contribution in [3.63, 3.8) is 0 Å². The van der Waals surface area contributed by atoms with Gasteiger partial charge < -0.3 is 5.11 Å². The number of aromatic nitrogens is 1. The number of hydrogen-bond acceptors (Lipinski definition) is 2. The Morgan fingerprint density at radius 1 is 1.00 bits per heavy atom. The summed E-state index contributed by atoms with van der Waals surface area (Å²) in [6.45, 7) is 0. The fraction of sp³-hybridized carbons (Fsp3) is 0.200. The molecular weight excluding hydrogens is 340 g/mol. The van der Waals surface area contributed by atoms with E-state index in [0.717, 1.165) is 24.3 Å². The molecule has 0 atom stereocenters. The largest absolute Gasteiger partial charge is 0.481 e. The minimum Gasteiger partial charge on any atom is -0.481 e. The van der Waals surface area contributed by atoms with Gasteiger partial charge in [-0.15, -0.1) is 0 Å². The van der Waals surface area contributed by atoms with Crippen molar-refractivity contribution in [1.82, 2.24) is 4.98 Å². The third-order valence-electron chi connectivity index (χ3n) is 3.08. The van der Waals surface area contributed by atoms with E-state index in [-0.39, 0.29) is 11.1 Å². The van der Waals surface area contributed by atoms with Crippen molar-refractivity contribution in [3.8, 4) is 11.1 Å². The summed E-state index contributed by atoms with van der Waals surface area (Å²) in [5.74, 6) is -1.45. The quantitative estimate of drug-likeness (QED) is 0.835. The molecule has 0 unspecified atom stereocenters. The summed E-state index contributed by atoms with van der Waals surface area (Å²) in [6.07, 6.45) is -10.3. The maximum Gasteiger partial charge on any atom is 0.433 e. The van der Waals surface area contributed by atoms with Gasteiger partial charge in [-0.05, 0) is 23.8 Å². The molecule has 0 amide bonds. The lowest BCUT2D eigenvalue weighted by atomic mass is 9.99. The number of rotatable bonds is 3. The Bertz CT molecular complexity index is 767. The third kappa shape index (κ3) is 4.03. The zero-order valence-corrected chi connectivity index (χ0v) is 11.7. The summed E-state index contributed by atoms with van der Waals surface area (Å²) < 4.78 is 76.4. The van der Waals surface area contributed by atoms with Crippen molar-refractivity contribution in [1.29, 1.82) is 0 Å². The zero-order chi connectivity index (χ0) is 18.1. The van der Waals surface area contributed by atoms with Crippen molar-refractivity contribution in [2.24, 2.45) is 0 Å². The molecule has 0 saturated heterocycles. The van der Waals surface area contributed by atoms with Gasteiger partial charge in [0.2, 0.25) is 0 Å². The molecule has 1 aromatic carbocycles. The summed E-state index contributed by atoms with van der Waals surface area (Å²) in [7, 11) is 0. The first-order valence-corrected chi connectivity index (χ1v) is 6.45. The average Bonchev–Trinajstić information content (AvgIpc) is 2.45. The minimum atomic E-state index is -4.79. The highest BCUT2D eigenvalue weighted by Crippen LogP contribution is 2.34. The minimum absolute atomic E-state index is 0.0673. The van der Waals surface area contributed by atoms with E-state index in [1.54, 1.807) is 0 Å². The molecule has 0 aliphatic carbocycles. The average molecular weight is 349 g/mol. The van der Waals surface area contributed by atoms with Gasteiger partial charge in [0.25, 0.3) is 0 Å². The Kier molecular flexibility index (Phi) is 4.54. The van der Waals surface area contributed by atoms with Crippen molar-refractivity contribution >= 4 is 5.97 Å². The molecule has 0 spiro atoms. The van der Waals surface area contributed by atoms with E-state index < -0.39 is 41.7 Å². The topological polar surface area (TPSA) is 50.2 Å². The maximum atomic E-state index is 12.8. The monoisotopic (exact) mass is 349 g/mol. The fourth-order valence-corrected chi connectivity index (χ4v) is 2.06. The number of carboxylic acid groups (broad SMARTS) is 1. The van der Waals surface area contributed by atoms with Gasteiger partial charge in [-0.1, -0.05) is 18.2 Å². The molecule has 0 radical (unpaired) electrons. The van der Waals surface area contributed by atoms with Gasteiger partial charge in [0.15, 0.2) is 0 Å². The molecule has 1 N–H and O–H groups in total. The highest BCUT2D eigenvalue weighted by atomic mass is 19.4. The normalized spacial score (nSPS) is 12.2. The predicted octanol–water partition coefficient (Wildman–Crippen LogP) is 4.41. The van der Waals surface area contributed by atoms with E-state index in [0.29, 0.717) is 6.07 Å². The molecule has 0 fully saturated rings. The Hall–Kier alpha value is -2.58. The molecule has 24 heavy (non-hydrogen) atoms. The molecule has 9 heteroatoms. The van der Waals surface area contributed by atoms with Gasteiger partial charge in [0.1, 0.15) is 5.69 Å². The number of hydrogen-bond donors (Lipinski definition) is 1. The van der Waals surface area contributed by atoms with Gasteiger partial charge in [0, 0.05) is 5.56 Å². The van der Waals surface area contributed by atoms with Crippen LogP contribution in [0.5, 0.6) is 0 Å². The van der Waals surface area contributed by atoms with Crippen molar-refractivity contribution in [2.45, 2.75) is 18.8 Å². The molecule has 0 aliphatic rings. The van der Waals surface area contributed by atoms with Gasteiger partial charge in [-0.2, -0.15) is 26.3 Å². The van der Waals surface area contributed by atoms with Gasteiger partial charge in [-0.25, -0.2) is 4.98 Å². The second-order valence-electron chi connectivity index (χ2n) is 4.84. The number of benzene rings is 1. The van der Waals surface area contributed by atoms with Crippen LogP contribution in [0.3, 0.4) is 0 Å². The van der Waals surface area contributed by atoms with Crippen LogP contribution in [-0.2, 0) is 23.6 Å². The molecule has 1 aromatic heterocycles. The van der Waals surface area contributed by atoms with Crippen LogP contribution in [0.15, 0.2) is 36.4 Å². The SMILES string of the molecule is O=C(O)Cc1nc(C(F)(F)F)ccc1-c1cccc(C(F)(F)F)c1. The maximum absolute atomic E-state index is 12.8. The lowest BCUT2D eigenvalue weighted by Gasteiger charge is -2.13. The summed E-state index contributed by atoms with van der Waals surface area (Å²) in [6, 6.07) is 5.38. The van der Waals surface area contributed by atoms with E-state index in [1.807, 2.05) is 0 Å². The summed E-state index contributed by atoms with van der Waals surface area (Å²) in [5, 5.41) is 8.81. The first-order chi connectivity index (χ1) is 11.0. The van der Waals surface area contributed by atoms with Crippen LogP contribution >= 0.6 is 0 Å². The second-order valence-corrected chi connectivity index (χ2v) is 4.84. The Balaban J connectivity index is 2.59. The number of halogens is 6. The van der Waals surface area contributed by atoms with Gasteiger partial charge >= 0.3 is 18.3 Å².